The Labute approximate surface area is 199 Å². The number of hydrogen-bond donors (Lipinski definition) is 2. The first kappa shape index (κ1) is 24.5. The lowest BCUT2D eigenvalue weighted by Gasteiger charge is -2.21. The van der Waals surface area contributed by atoms with Crippen molar-refractivity contribution >= 4 is 50.7 Å². The Balaban J connectivity index is 1.69. The number of halogens is 2. The van der Waals surface area contributed by atoms with E-state index in [4.69, 9.17) is 11.6 Å². The van der Waals surface area contributed by atoms with Gasteiger partial charge in [-0.2, -0.15) is 0 Å². The van der Waals surface area contributed by atoms with E-state index in [1.807, 2.05) is 31.2 Å². The maximum Gasteiger partial charge on any atom is 0.228 e. The molecule has 0 aliphatic rings. The van der Waals surface area contributed by atoms with Gasteiger partial charge in [0, 0.05) is 26.0 Å². The van der Waals surface area contributed by atoms with Crippen molar-refractivity contribution in [2.45, 2.75) is 35.3 Å². The van der Waals surface area contributed by atoms with Crippen LogP contribution in [0.4, 0.5) is 10.1 Å². The highest BCUT2D eigenvalue weighted by molar-refractivity contribution is 8.06. The summed E-state index contributed by atoms with van der Waals surface area (Å²) in [6.07, 6.45) is 0.264. The van der Waals surface area contributed by atoms with Gasteiger partial charge in [-0.1, -0.05) is 36.7 Å². The van der Waals surface area contributed by atoms with Gasteiger partial charge in [0.15, 0.2) is 0 Å². The second kappa shape index (κ2) is 10.7. The number of anilines is 1. The first-order chi connectivity index (χ1) is 15.2. The van der Waals surface area contributed by atoms with E-state index >= 15 is 0 Å². The molecule has 0 fully saturated rings. The minimum Gasteiger partial charge on any atom is -0.326 e. The third-order valence-corrected chi connectivity index (χ3v) is 8.86. The Kier molecular flexibility index (Phi) is 8.17. The summed E-state index contributed by atoms with van der Waals surface area (Å²) in [5.41, 5.74) is 2.23. The summed E-state index contributed by atoms with van der Waals surface area (Å²) < 4.78 is 24.3. The number of benzene rings is 3. The van der Waals surface area contributed by atoms with Crippen molar-refractivity contribution in [1.82, 2.24) is 0 Å². The first-order valence-corrected chi connectivity index (χ1v) is 13.3. The number of nitrogens with one attached hydrogen (secondary N) is 1. The van der Waals surface area contributed by atoms with Crippen LogP contribution in [0.15, 0.2) is 76.5 Å². The lowest BCUT2D eigenvalue weighted by atomic mass is 10.1. The van der Waals surface area contributed by atoms with Crippen molar-refractivity contribution < 1.29 is 13.7 Å². The van der Waals surface area contributed by atoms with Crippen LogP contribution in [0, 0.1) is 5.82 Å². The van der Waals surface area contributed by atoms with Gasteiger partial charge in [0.1, 0.15) is 16.0 Å². The Morgan fingerprint density at radius 2 is 1.81 bits per heavy atom. The molecule has 3 nitrogen and oxygen atoms in total. The zero-order chi connectivity index (χ0) is 23.3. The fraction of sp³-hybridized carbons (Fsp3) is 0.200. The lowest BCUT2D eigenvalue weighted by Crippen LogP contribution is -2.19. The minimum absolute atomic E-state index is 0.136. The van der Waals surface area contributed by atoms with Gasteiger partial charge >= 0.3 is 0 Å². The predicted molar refractivity (Wildman–Crippen MR) is 137 cm³/mol. The van der Waals surface area contributed by atoms with Crippen LogP contribution in [0.1, 0.15) is 30.2 Å². The van der Waals surface area contributed by atoms with E-state index in [0.717, 1.165) is 11.3 Å². The molecule has 1 amide bonds. The highest BCUT2D eigenvalue weighted by Gasteiger charge is 2.32. The van der Waals surface area contributed by atoms with Gasteiger partial charge in [-0.3, -0.25) is 4.79 Å². The van der Waals surface area contributed by atoms with Crippen LogP contribution < -0.4 is 5.32 Å². The van der Waals surface area contributed by atoms with Gasteiger partial charge in [-0.25, -0.2) is 8.94 Å². The maximum absolute atomic E-state index is 13.2. The molecule has 0 aromatic heterocycles. The molecule has 3 aromatic rings. The smallest absolute Gasteiger partial charge is 0.228 e. The van der Waals surface area contributed by atoms with Crippen molar-refractivity contribution in [3.63, 3.8) is 0 Å². The molecule has 3 rings (SSSR count). The molecule has 0 saturated heterocycles. The van der Waals surface area contributed by atoms with Crippen molar-refractivity contribution in [2.24, 2.45) is 0 Å². The Hall–Kier alpha value is -2.12. The molecule has 3 aromatic carbocycles. The zero-order valence-electron chi connectivity index (χ0n) is 18.0. The van der Waals surface area contributed by atoms with Crippen LogP contribution >= 0.6 is 23.4 Å². The van der Waals surface area contributed by atoms with Gasteiger partial charge in [-0.15, -0.1) is 11.8 Å². The Bertz CT molecular complexity index is 1130. The van der Waals surface area contributed by atoms with E-state index in [1.165, 1.54) is 17.0 Å². The second-order valence-corrected chi connectivity index (χ2v) is 11.8. The Morgan fingerprint density at radius 3 is 2.41 bits per heavy atom. The third-order valence-electron chi connectivity index (χ3n) is 5.13. The topological polar surface area (TPSA) is 49.3 Å². The number of carbonyl (C=O) groups excluding carboxylic acids is 1. The summed E-state index contributed by atoms with van der Waals surface area (Å²) in [5, 5.41) is 2.91. The normalized spacial score (nSPS) is 13.9. The van der Waals surface area contributed by atoms with Crippen LogP contribution in [-0.4, -0.2) is 22.1 Å². The van der Waals surface area contributed by atoms with Gasteiger partial charge < -0.3 is 5.32 Å². The molecular weight excluding hydrogens is 465 g/mol. The molecule has 0 aliphatic carbocycles. The molecule has 168 valence electrons. The summed E-state index contributed by atoms with van der Waals surface area (Å²) in [5.74, 6) is 4.51. The number of thioether (sulfide) groups is 1. The van der Waals surface area contributed by atoms with E-state index in [-0.39, 0.29) is 23.4 Å². The lowest BCUT2D eigenvalue weighted by molar-refractivity contribution is -0.115. The largest absolute Gasteiger partial charge is 0.326 e. The van der Waals surface area contributed by atoms with E-state index < -0.39 is 9.90 Å². The highest BCUT2D eigenvalue weighted by Crippen LogP contribution is 2.37. The van der Waals surface area contributed by atoms with Crippen LogP contribution in [0.25, 0.3) is 0 Å². The van der Waals surface area contributed by atoms with Gasteiger partial charge in [0.2, 0.25) is 5.91 Å². The molecule has 0 aliphatic heterocycles. The van der Waals surface area contributed by atoms with Crippen LogP contribution in [0.3, 0.4) is 0 Å². The molecule has 0 bridgehead atoms. The molecule has 7 heteroatoms. The van der Waals surface area contributed by atoms with E-state index in [1.54, 1.807) is 42.1 Å². The molecular formula is C25H26ClFNO2S2+. The quantitative estimate of drug-likeness (QED) is 0.204. The minimum atomic E-state index is -2.51. The fourth-order valence-electron chi connectivity index (χ4n) is 3.28. The number of carbonyl (C=O) groups is 1. The molecule has 0 spiro atoms. The summed E-state index contributed by atoms with van der Waals surface area (Å²) >= 11 is 8.25. The number of hydrogen-bond acceptors (Lipinski definition) is 3. The summed E-state index contributed by atoms with van der Waals surface area (Å²) in [6, 6.07) is 18.9. The molecule has 0 saturated carbocycles. The van der Waals surface area contributed by atoms with Crippen molar-refractivity contribution in [3.8, 4) is 0 Å². The van der Waals surface area contributed by atoms with E-state index in [9.17, 15) is 13.7 Å². The standard InChI is InChI=1S/C25H25ClFNO2S2/c1-4-31-21-10-5-18(6-11-21)15-25(29)28-20-9-14-23(24(26)16-20)17(2)32(3,30)22-12-7-19(27)8-13-22/h5-14,16-17H,3-4,15H2,1-2H3,(H-,28,29,30)/p+1. The zero-order valence-corrected chi connectivity index (χ0v) is 20.4. The predicted octanol–water partition coefficient (Wildman–Crippen LogP) is 6.95. The highest BCUT2D eigenvalue weighted by atomic mass is 35.5. The first-order valence-electron chi connectivity index (χ1n) is 10.1. The number of rotatable bonds is 8. The third kappa shape index (κ3) is 6.01. The van der Waals surface area contributed by atoms with Gasteiger partial charge in [-0.05, 0) is 66.8 Å². The van der Waals surface area contributed by atoms with Crippen molar-refractivity contribution in [2.75, 3.05) is 11.1 Å². The second-order valence-electron chi connectivity index (χ2n) is 7.39. The summed E-state index contributed by atoms with van der Waals surface area (Å²) in [4.78, 5) is 14.2. The molecule has 2 N–H and O–H groups in total. The van der Waals surface area contributed by atoms with Crippen molar-refractivity contribution in [3.05, 3.63) is 88.7 Å². The summed E-state index contributed by atoms with van der Waals surface area (Å²) in [7, 11) is -2.51. The average molecular weight is 491 g/mol. The van der Waals surface area contributed by atoms with Crippen LogP contribution in [0.5, 0.6) is 0 Å². The van der Waals surface area contributed by atoms with Gasteiger partial charge in [0.25, 0.3) is 0 Å². The van der Waals surface area contributed by atoms with E-state index in [0.29, 0.717) is 21.2 Å². The van der Waals surface area contributed by atoms with Crippen molar-refractivity contribution in [1.29, 1.82) is 0 Å². The molecule has 32 heavy (non-hydrogen) atoms. The number of amides is 1. The molecule has 0 radical (unpaired) electrons. The van der Waals surface area contributed by atoms with E-state index in [2.05, 4.69) is 18.1 Å². The molecule has 2 unspecified atom stereocenters. The SMILES string of the molecule is C=[S+](O)(c1ccc(F)cc1)C(C)c1ccc(NC(=O)Cc2ccc(SCC)cc2)cc1Cl. The fourth-order valence-corrected chi connectivity index (χ4v) is 5.99. The monoisotopic (exact) mass is 490 g/mol. The Morgan fingerprint density at radius 1 is 1.16 bits per heavy atom. The average Bonchev–Trinajstić information content (AvgIpc) is 2.75. The van der Waals surface area contributed by atoms with Crippen LogP contribution in [-0.2, 0) is 21.1 Å². The van der Waals surface area contributed by atoms with Gasteiger partial charge in [0.05, 0.1) is 17.3 Å². The van der Waals surface area contributed by atoms with Crippen LogP contribution in [0.2, 0.25) is 5.02 Å². The molecule has 0 heterocycles. The molecule has 2 atom stereocenters. The maximum atomic E-state index is 13.2. The summed E-state index contributed by atoms with van der Waals surface area (Å²) in [6.45, 7) is 3.94.